The second-order valence-electron chi connectivity index (χ2n) is 6.66. The Labute approximate surface area is 138 Å². The fourth-order valence-electron chi connectivity index (χ4n) is 2.13. The van der Waals surface area contributed by atoms with Crippen LogP contribution in [0.5, 0.6) is 0 Å². The molecule has 1 aromatic rings. The van der Waals surface area contributed by atoms with Gasteiger partial charge >= 0.3 is 7.12 Å². The van der Waals surface area contributed by atoms with E-state index in [1.165, 1.54) is 0 Å². The Morgan fingerprint density at radius 1 is 1.30 bits per heavy atom. The van der Waals surface area contributed by atoms with Crippen LogP contribution >= 0.6 is 0 Å². The summed E-state index contributed by atoms with van der Waals surface area (Å²) < 4.78 is 17.2. The molecule has 2 heterocycles. The second-order valence-corrected chi connectivity index (χ2v) is 6.66. The first kappa shape index (κ1) is 17.9. The van der Waals surface area contributed by atoms with Crippen molar-refractivity contribution in [3.63, 3.8) is 0 Å². The lowest BCUT2D eigenvalue weighted by Gasteiger charge is -2.32. The van der Waals surface area contributed by atoms with Gasteiger partial charge in [-0.3, -0.25) is 9.78 Å². The van der Waals surface area contributed by atoms with Gasteiger partial charge in [-0.2, -0.15) is 0 Å². The van der Waals surface area contributed by atoms with Gasteiger partial charge in [0, 0.05) is 18.5 Å². The molecule has 0 radical (unpaired) electrons. The van der Waals surface area contributed by atoms with E-state index in [0.29, 0.717) is 17.9 Å². The molecule has 6 nitrogen and oxygen atoms in total. The highest BCUT2D eigenvalue weighted by Crippen LogP contribution is 2.36. The van der Waals surface area contributed by atoms with Crippen molar-refractivity contribution in [1.29, 1.82) is 0 Å². The first-order valence-electron chi connectivity index (χ1n) is 7.94. The van der Waals surface area contributed by atoms with Gasteiger partial charge in [0.1, 0.15) is 6.61 Å². The average molecular weight is 320 g/mol. The molecule has 1 saturated heterocycles. The van der Waals surface area contributed by atoms with Crippen molar-refractivity contribution in [3.8, 4) is 0 Å². The maximum atomic E-state index is 11.8. The monoisotopic (exact) mass is 320 g/mol. The molecule has 0 bridgehead atoms. The Bertz CT molecular complexity index is 547. The molecule has 1 amide bonds. The van der Waals surface area contributed by atoms with Crippen molar-refractivity contribution >= 4 is 24.3 Å². The summed E-state index contributed by atoms with van der Waals surface area (Å²) >= 11 is 0. The molecule has 0 saturated carbocycles. The van der Waals surface area contributed by atoms with Crippen LogP contribution in [0.4, 0.5) is 5.69 Å². The minimum atomic E-state index is -0.548. The van der Waals surface area contributed by atoms with Crippen molar-refractivity contribution in [2.24, 2.45) is 0 Å². The fourth-order valence-corrected chi connectivity index (χ4v) is 2.13. The molecule has 1 fully saturated rings. The highest BCUT2D eigenvalue weighted by atomic mass is 16.7. The molecule has 23 heavy (non-hydrogen) atoms. The molecule has 126 valence electrons. The van der Waals surface area contributed by atoms with Gasteiger partial charge in [-0.25, -0.2) is 0 Å². The molecule has 0 unspecified atom stereocenters. The molecule has 1 N–H and O–H groups in total. The third-order valence-corrected chi connectivity index (χ3v) is 4.14. The van der Waals surface area contributed by atoms with Crippen LogP contribution in [0.1, 0.15) is 41.0 Å². The number of rotatable bonds is 6. The van der Waals surface area contributed by atoms with E-state index in [0.717, 1.165) is 6.42 Å². The van der Waals surface area contributed by atoms with Gasteiger partial charge in [0.25, 0.3) is 0 Å². The molecular formula is C16H25BN2O4. The van der Waals surface area contributed by atoms with Crippen LogP contribution in [0.15, 0.2) is 18.3 Å². The Hall–Kier alpha value is -1.44. The van der Waals surface area contributed by atoms with Gasteiger partial charge in [0.2, 0.25) is 5.91 Å². The Kier molecular flexibility index (Phi) is 5.44. The molecule has 2 rings (SSSR count). The minimum absolute atomic E-state index is 0.0436. The maximum absolute atomic E-state index is 11.8. The van der Waals surface area contributed by atoms with E-state index in [-0.39, 0.29) is 12.5 Å². The van der Waals surface area contributed by atoms with Crippen molar-refractivity contribution in [1.82, 2.24) is 4.98 Å². The summed E-state index contributed by atoms with van der Waals surface area (Å²) in [5.74, 6) is -0.190. The fraction of sp³-hybridized carbons (Fsp3) is 0.625. The van der Waals surface area contributed by atoms with E-state index >= 15 is 0 Å². The number of carbonyl (C=O) groups excluding carboxylic acids is 1. The molecule has 0 aromatic carbocycles. The van der Waals surface area contributed by atoms with E-state index in [4.69, 9.17) is 14.0 Å². The largest absolute Gasteiger partial charge is 0.514 e. The van der Waals surface area contributed by atoms with Gasteiger partial charge in [-0.1, -0.05) is 6.92 Å². The third kappa shape index (κ3) is 4.31. The van der Waals surface area contributed by atoms with Crippen LogP contribution in [0.2, 0.25) is 0 Å². The van der Waals surface area contributed by atoms with E-state index in [1.807, 2.05) is 34.6 Å². The zero-order valence-electron chi connectivity index (χ0n) is 14.5. The summed E-state index contributed by atoms with van der Waals surface area (Å²) in [5, 5.41) is 2.79. The number of nitrogens with zero attached hydrogens (tertiary/aromatic N) is 1. The zero-order chi connectivity index (χ0) is 17.1. The van der Waals surface area contributed by atoms with Crippen molar-refractivity contribution in [2.45, 2.75) is 52.2 Å². The quantitative estimate of drug-likeness (QED) is 0.639. The summed E-state index contributed by atoms with van der Waals surface area (Å²) in [6, 6.07) is 3.49. The van der Waals surface area contributed by atoms with Crippen LogP contribution in [0.3, 0.4) is 0 Å². The first-order valence-corrected chi connectivity index (χ1v) is 7.94. The van der Waals surface area contributed by atoms with Crippen LogP contribution in [0.25, 0.3) is 0 Å². The zero-order valence-corrected chi connectivity index (χ0v) is 14.5. The number of amides is 1. The molecule has 0 aliphatic carbocycles. The van der Waals surface area contributed by atoms with Gasteiger partial charge < -0.3 is 19.4 Å². The van der Waals surface area contributed by atoms with Gasteiger partial charge in [-0.15, -0.1) is 0 Å². The molecule has 1 aromatic heterocycles. The molecule has 0 atom stereocenters. The highest BCUT2D eigenvalue weighted by Gasteiger charge is 2.52. The molecule has 0 spiro atoms. The molecule has 7 heteroatoms. The Balaban J connectivity index is 2.02. The van der Waals surface area contributed by atoms with Gasteiger partial charge in [0.15, 0.2) is 0 Å². The predicted octanol–water partition coefficient (Wildman–Crippen LogP) is 1.75. The van der Waals surface area contributed by atoms with E-state index in [2.05, 4.69) is 10.3 Å². The van der Waals surface area contributed by atoms with Crippen molar-refractivity contribution in [2.75, 3.05) is 18.5 Å². The molecule has 1 aliphatic rings. The lowest BCUT2D eigenvalue weighted by atomic mass is 9.84. The average Bonchev–Trinajstić information content (AvgIpc) is 2.68. The number of nitrogens with one attached hydrogen (secondary N) is 1. The van der Waals surface area contributed by atoms with E-state index < -0.39 is 18.3 Å². The number of anilines is 1. The SMILES string of the molecule is CCCOCC(=O)Nc1ccnc(B2OC(C)(C)C(C)(C)O2)c1. The number of hydrogen-bond donors (Lipinski definition) is 1. The van der Waals surface area contributed by atoms with E-state index in [9.17, 15) is 4.79 Å². The van der Waals surface area contributed by atoms with E-state index in [1.54, 1.807) is 18.3 Å². The minimum Gasteiger partial charge on any atom is -0.398 e. The second kappa shape index (κ2) is 6.99. The van der Waals surface area contributed by atoms with Crippen LogP contribution < -0.4 is 10.9 Å². The van der Waals surface area contributed by atoms with Crippen LogP contribution in [-0.2, 0) is 18.8 Å². The lowest BCUT2D eigenvalue weighted by molar-refractivity contribution is -0.120. The van der Waals surface area contributed by atoms with Crippen LogP contribution in [0, 0.1) is 0 Å². The standard InChI is InChI=1S/C16H25BN2O4/c1-6-9-21-11-14(20)19-12-7-8-18-13(10-12)17-22-15(2,3)16(4,5)23-17/h7-8,10H,6,9,11H2,1-5H3,(H,18,19,20). The highest BCUT2D eigenvalue weighted by molar-refractivity contribution is 6.61. The smallest absolute Gasteiger partial charge is 0.398 e. The summed E-state index contributed by atoms with van der Waals surface area (Å²) in [6.45, 7) is 10.6. The summed E-state index contributed by atoms with van der Waals surface area (Å²) in [7, 11) is -0.548. The number of carbonyl (C=O) groups is 1. The Morgan fingerprint density at radius 2 is 1.96 bits per heavy atom. The third-order valence-electron chi connectivity index (χ3n) is 4.14. The lowest BCUT2D eigenvalue weighted by Crippen LogP contribution is -2.41. The maximum Gasteiger partial charge on any atom is 0.514 e. The predicted molar refractivity (Wildman–Crippen MR) is 89.7 cm³/mol. The van der Waals surface area contributed by atoms with Gasteiger partial charge in [-0.05, 0) is 46.2 Å². The Morgan fingerprint density at radius 3 is 2.57 bits per heavy atom. The summed E-state index contributed by atoms with van der Waals surface area (Å²) in [5.41, 5.74) is 0.435. The first-order chi connectivity index (χ1) is 10.7. The van der Waals surface area contributed by atoms with Crippen LogP contribution in [-0.4, -0.2) is 42.4 Å². The van der Waals surface area contributed by atoms with Gasteiger partial charge in [0.05, 0.1) is 16.8 Å². The molecular weight excluding hydrogens is 295 g/mol. The topological polar surface area (TPSA) is 69.7 Å². The molecule has 1 aliphatic heterocycles. The number of pyridine rings is 1. The normalized spacial score (nSPS) is 18.9. The number of hydrogen-bond acceptors (Lipinski definition) is 5. The van der Waals surface area contributed by atoms with Crippen molar-refractivity contribution in [3.05, 3.63) is 18.3 Å². The van der Waals surface area contributed by atoms with Crippen molar-refractivity contribution < 1.29 is 18.8 Å². The summed E-state index contributed by atoms with van der Waals surface area (Å²) in [6.07, 6.45) is 2.51. The number of ether oxygens (including phenoxy) is 1. The summed E-state index contributed by atoms with van der Waals surface area (Å²) in [4.78, 5) is 16.1. The number of aromatic nitrogens is 1.